The number of nitrogens with two attached hydrogens (primary N) is 1. The number of hydrogen-bond donors (Lipinski definition) is 2. The van der Waals surface area contributed by atoms with E-state index in [0.29, 0.717) is 5.56 Å². The zero-order valence-corrected chi connectivity index (χ0v) is 9.09. The van der Waals surface area contributed by atoms with Crippen LogP contribution in [-0.2, 0) is 0 Å². The molecule has 0 aliphatic rings. The zero-order chi connectivity index (χ0) is 10.7. The molecule has 0 atom stereocenters. The SMILES string of the molecule is Cc1cc(Br)cc(C(=O)NC(N)=O)c1. The summed E-state index contributed by atoms with van der Waals surface area (Å²) < 4.78 is 0.784. The summed E-state index contributed by atoms with van der Waals surface area (Å²) >= 11 is 3.25. The summed E-state index contributed by atoms with van der Waals surface area (Å²) in [5, 5.41) is 1.99. The van der Waals surface area contributed by atoms with Crippen LogP contribution in [0.25, 0.3) is 0 Å². The van der Waals surface area contributed by atoms with Gasteiger partial charge in [0.25, 0.3) is 5.91 Å². The Hall–Kier alpha value is -1.36. The van der Waals surface area contributed by atoms with Gasteiger partial charge in [0.15, 0.2) is 0 Å². The molecule has 1 aromatic carbocycles. The van der Waals surface area contributed by atoms with Crippen LogP contribution in [0, 0.1) is 6.92 Å². The number of aryl methyl sites for hydroxylation is 1. The summed E-state index contributed by atoms with van der Waals surface area (Å²) in [5.74, 6) is -0.498. The Morgan fingerprint density at radius 3 is 2.50 bits per heavy atom. The van der Waals surface area contributed by atoms with Crippen molar-refractivity contribution in [2.24, 2.45) is 5.73 Å². The first-order valence-electron chi connectivity index (χ1n) is 3.87. The summed E-state index contributed by atoms with van der Waals surface area (Å²) in [6.45, 7) is 1.85. The van der Waals surface area contributed by atoms with Gasteiger partial charge in [-0.05, 0) is 30.7 Å². The smallest absolute Gasteiger partial charge is 0.319 e. The van der Waals surface area contributed by atoms with Crippen molar-refractivity contribution in [2.45, 2.75) is 6.92 Å². The molecule has 5 heteroatoms. The molecule has 3 amide bonds. The maximum absolute atomic E-state index is 11.3. The monoisotopic (exact) mass is 256 g/mol. The van der Waals surface area contributed by atoms with E-state index in [1.807, 2.05) is 18.3 Å². The fraction of sp³-hybridized carbons (Fsp3) is 0.111. The third-order valence-corrected chi connectivity index (χ3v) is 2.00. The van der Waals surface area contributed by atoms with E-state index in [-0.39, 0.29) is 0 Å². The molecule has 3 N–H and O–H groups in total. The highest BCUT2D eigenvalue weighted by Gasteiger charge is 2.08. The van der Waals surface area contributed by atoms with Crippen LogP contribution >= 0.6 is 15.9 Å². The Bertz CT molecular complexity index is 370. The van der Waals surface area contributed by atoms with Gasteiger partial charge < -0.3 is 5.73 Å². The Labute approximate surface area is 89.6 Å². The van der Waals surface area contributed by atoms with Gasteiger partial charge in [-0.2, -0.15) is 0 Å². The van der Waals surface area contributed by atoms with Crippen LogP contribution in [-0.4, -0.2) is 11.9 Å². The number of hydrogen-bond acceptors (Lipinski definition) is 2. The van der Waals surface area contributed by atoms with Crippen molar-refractivity contribution in [1.82, 2.24) is 5.32 Å². The molecule has 4 nitrogen and oxygen atoms in total. The van der Waals surface area contributed by atoms with Gasteiger partial charge in [-0.3, -0.25) is 10.1 Å². The van der Waals surface area contributed by atoms with Crippen LogP contribution in [0.5, 0.6) is 0 Å². The molecule has 0 bridgehead atoms. The zero-order valence-electron chi connectivity index (χ0n) is 7.50. The molecule has 0 saturated carbocycles. The van der Waals surface area contributed by atoms with Gasteiger partial charge in [-0.15, -0.1) is 0 Å². The first kappa shape index (κ1) is 10.7. The largest absolute Gasteiger partial charge is 0.351 e. The molecule has 0 heterocycles. The van der Waals surface area contributed by atoms with Crippen LogP contribution in [0.1, 0.15) is 15.9 Å². The third kappa shape index (κ3) is 2.85. The molecule has 1 aromatic rings. The summed E-state index contributed by atoms with van der Waals surface area (Å²) in [6, 6.07) is 4.29. The average Bonchev–Trinajstić information content (AvgIpc) is 2.00. The van der Waals surface area contributed by atoms with Gasteiger partial charge in [0.1, 0.15) is 0 Å². The summed E-state index contributed by atoms with van der Waals surface area (Å²) in [7, 11) is 0. The van der Waals surface area contributed by atoms with E-state index < -0.39 is 11.9 Å². The van der Waals surface area contributed by atoms with Crippen LogP contribution in [0.3, 0.4) is 0 Å². The van der Waals surface area contributed by atoms with Crippen molar-refractivity contribution in [2.75, 3.05) is 0 Å². The average molecular weight is 257 g/mol. The number of primary amides is 1. The number of halogens is 1. The number of imide groups is 1. The van der Waals surface area contributed by atoms with E-state index in [0.717, 1.165) is 10.0 Å². The van der Waals surface area contributed by atoms with Crippen LogP contribution in [0.2, 0.25) is 0 Å². The molecule has 0 spiro atoms. The lowest BCUT2D eigenvalue weighted by Crippen LogP contribution is -2.34. The minimum atomic E-state index is -0.854. The van der Waals surface area contributed by atoms with Gasteiger partial charge >= 0.3 is 6.03 Å². The number of carbonyl (C=O) groups excluding carboxylic acids is 2. The van der Waals surface area contributed by atoms with E-state index in [1.165, 1.54) is 0 Å². The number of rotatable bonds is 1. The van der Waals surface area contributed by atoms with Crippen molar-refractivity contribution in [1.29, 1.82) is 0 Å². The Balaban J connectivity index is 2.95. The molecule has 0 unspecified atom stereocenters. The van der Waals surface area contributed by atoms with Crippen LogP contribution in [0.4, 0.5) is 4.79 Å². The topological polar surface area (TPSA) is 72.2 Å². The molecule has 0 aromatic heterocycles. The lowest BCUT2D eigenvalue weighted by atomic mass is 10.1. The van der Waals surface area contributed by atoms with Crippen molar-refractivity contribution in [3.63, 3.8) is 0 Å². The summed E-state index contributed by atoms with van der Waals surface area (Å²) in [5.41, 5.74) is 6.15. The Kier molecular flexibility index (Phi) is 3.24. The molecule has 14 heavy (non-hydrogen) atoms. The molecule has 0 radical (unpaired) electrons. The van der Waals surface area contributed by atoms with E-state index in [4.69, 9.17) is 5.73 Å². The third-order valence-electron chi connectivity index (χ3n) is 1.54. The quantitative estimate of drug-likeness (QED) is 0.801. The van der Waals surface area contributed by atoms with Crippen molar-refractivity contribution in [3.8, 4) is 0 Å². The fourth-order valence-electron chi connectivity index (χ4n) is 1.05. The van der Waals surface area contributed by atoms with E-state index in [9.17, 15) is 9.59 Å². The second kappa shape index (κ2) is 4.23. The molecule has 0 aliphatic heterocycles. The maximum atomic E-state index is 11.3. The van der Waals surface area contributed by atoms with Crippen LogP contribution in [0.15, 0.2) is 22.7 Å². The summed E-state index contributed by atoms with van der Waals surface area (Å²) in [4.78, 5) is 21.8. The van der Waals surface area contributed by atoms with Crippen molar-refractivity contribution < 1.29 is 9.59 Å². The highest BCUT2D eigenvalue weighted by atomic mass is 79.9. The molecular formula is C9H9BrN2O2. The molecular weight excluding hydrogens is 248 g/mol. The lowest BCUT2D eigenvalue weighted by Gasteiger charge is -2.02. The summed E-state index contributed by atoms with van der Waals surface area (Å²) in [6.07, 6.45) is 0. The number of urea groups is 1. The normalized spacial score (nSPS) is 9.57. The van der Waals surface area contributed by atoms with Gasteiger partial charge in [0.2, 0.25) is 0 Å². The second-order valence-corrected chi connectivity index (χ2v) is 3.75. The van der Waals surface area contributed by atoms with Crippen molar-refractivity contribution in [3.05, 3.63) is 33.8 Å². The molecule has 0 fully saturated rings. The van der Waals surface area contributed by atoms with Crippen molar-refractivity contribution >= 4 is 27.9 Å². The molecule has 74 valence electrons. The van der Waals surface area contributed by atoms with Gasteiger partial charge in [-0.25, -0.2) is 4.79 Å². The lowest BCUT2D eigenvalue weighted by molar-refractivity contribution is 0.0966. The Morgan fingerprint density at radius 2 is 2.00 bits per heavy atom. The number of nitrogens with one attached hydrogen (secondary N) is 1. The first-order chi connectivity index (χ1) is 6.49. The number of carbonyl (C=O) groups is 2. The second-order valence-electron chi connectivity index (χ2n) is 2.84. The highest BCUT2D eigenvalue weighted by Crippen LogP contribution is 2.15. The maximum Gasteiger partial charge on any atom is 0.319 e. The fourth-order valence-corrected chi connectivity index (χ4v) is 1.66. The minimum absolute atomic E-state index is 0.399. The van der Waals surface area contributed by atoms with Gasteiger partial charge in [0.05, 0.1) is 0 Å². The molecule has 0 saturated heterocycles. The van der Waals surface area contributed by atoms with E-state index in [2.05, 4.69) is 15.9 Å². The highest BCUT2D eigenvalue weighted by molar-refractivity contribution is 9.10. The number of amides is 3. The molecule has 1 rings (SSSR count). The van der Waals surface area contributed by atoms with Crippen LogP contribution < -0.4 is 11.1 Å². The molecule has 0 aliphatic carbocycles. The predicted molar refractivity (Wildman–Crippen MR) is 55.9 cm³/mol. The first-order valence-corrected chi connectivity index (χ1v) is 4.66. The minimum Gasteiger partial charge on any atom is -0.351 e. The van der Waals surface area contributed by atoms with Gasteiger partial charge in [-0.1, -0.05) is 15.9 Å². The van der Waals surface area contributed by atoms with Gasteiger partial charge in [0, 0.05) is 10.0 Å². The van der Waals surface area contributed by atoms with E-state index in [1.54, 1.807) is 12.1 Å². The standard InChI is InChI=1S/C9H9BrN2O2/c1-5-2-6(4-7(10)3-5)8(13)12-9(11)14/h2-4H,1H3,(H3,11,12,13,14). The number of benzene rings is 1. The van der Waals surface area contributed by atoms with E-state index >= 15 is 0 Å². The Morgan fingerprint density at radius 1 is 1.36 bits per heavy atom. The predicted octanol–water partition coefficient (Wildman–Crippen LogP) is 1.57.